The van der Waals surface area contributed by atoms with Crippen LogP contribution in [0.5, 0.6) is 11.5 Å². The van der Waals surface area contributed by atoms with Gasteiger partial charge in [0, 0.05) is 24.6 Å². The zero-order valence-corrected chi connectivity index (χ0v) is 24.7. The summed E-state index contributed by atoms with van der Waals surface area (Å²) in [4.78, 5) is 29.5. The van der Waals surface area contributed by atoms with Crippen LogP contribution in [0.3, 0.4) is 0 Å². The van der Waals surface area contributed by atoms with E-state index in [0.717, 1.165) is 15.4 Å². The van der Waals surface area contributed by atoms with Gasteiger partial charge in [0.15, 0.2) is 11.5 Å². The lowest BCUT2D eigenvalue weighted by atomic mass is 10.0. The van der Waals surface area contributed by atoms with E-state index in [2.05, 4.69) is 5.32 Å². The van der Waals surface area contributed by atoms with Crippen molar-refractivity contribution in [2.75, 3.05) is 23.4 Å². The van der Waals surface area contributed by atoms with Crippen LogP contribution in [0.4, 0.5) is 5.69 Å². The van der Waals surface area contributed by atoms with E-state index in [1.54, 1.807) is 18.2 Å². The summed E-state index contributed by atoms with van der Waals surface area (Å²) < 4.78 is 38.5. The number of hydrogen-bond acceptors (Lipinski definition) is 6. The molecule has 4 rings (SSSR count). The van der Waals surface area contributed by atoms with Crippen LogP contribution in [-0.4, -0.2) is 55.8 Å². The molecule has 0 saturated heterocycles. The van der Waals surface area contributed by atoms with Crippen LogP contribution in [0.15, 0.2) is 78.9 Å². The second-order valence-corrected chi connectivity index (χ2v) is 13.1. The number of benzene rings is 3. The Balaban J connectivity index is 1.74. The van der Waals surface area contributed by atoms with Gasteiger partial charge < -0.3 is 19.7 Å². The van der Waals surface area contributed by atoms with Crippen LogP contribution in [-0.2, 0) is 32.6 Å². The first-order chi connectivity index (χ1) is 19.5. The van der Waals surface area contributed by atoms with Crippen molar-refractivity contribution in [2.24, 2.45) is 0 Å². The highest BCUT2D eigenvalue weighted by Crippen LogP contribution is 2.36. The van der Waals surface area contributed by atoms with E-state index in [1.165, 1.54) is 11.8 Å². The Morgan fingerprint density at radius 1 is 0.902 bits per heavy atom. The number of ether oxygens (including phenoxy) is 2. The summed E-state index contributed by atoms with van der Waals surface area (Å²) in [6.45, 7) is 6.82. The number of rotatable bonds is 11. The molecule has 1 heterocycles. The van der Waals surface area contributed by atoms with Crippen molar-refractivity contribution >= 4 is 27.5 Å². The van der Waals surface area contributed by atoms with Crippen LogP contribution in [0.2, 0.25) is 0 Å². The number of nitrogens with one attached hydrogen (secondary N) is 1. The van der Waals surface area contributed by atoms with E-state index in [9.17, 15) is 18.0 Å². The van der Waals surface area contributed by atoms with E-state index in [1.807, 2.05) is 81.4 Å². The standard InChI is InChI=1S/C31H37N3O6S/c1-5-41(37,38)34(25-16-17-27-28(19-25)40-22-39-27)21-29(35)33(20-24-14-10-7-11-15-24)26(30(36)32-31(2,3)4)18-23-12-8-6-9-13-23/h6-17,19,26H,5,18,20-22H2,1-4H3,(H,32,36)/t26-/m0/s1. The van der Waals surface area contributed by atoms with Crippen LogP contribution < -0.4 is 19.1 Å². The van der Waals surface area contributed by atoms with Gasteiger partial charge in [-0.15, -0.1) is 0 Å². The number of nitrogens with zero attached hydrogens (tertiary/aromatic N) is 2. The Morgan fingerprint density at radius 3 is 2.12 bits per heavy atom. The van der Waals surface area contributed by atoms with Crippen LogP contribution >= 0.6 is 0 Å². The van der Waals surface area contributed by atoms with Crippen LogP contribution in [0, 0.1) is 0 Å². The number of sulfonamides is 1. The van der Waals surface area contributed by atoms with E-state index >= 15 is 0 Å². The average molecular weight is 580 g/mol. The molecule has 0 saturated carbocycles. The summed E-state index contributed by atoms with van der Waals surface area (Å²) >= 11 is 0. The minimum Gasteiger partial charge on any atom is -0.454 e. The molecule has 0 unspecified atom stereocenters. The Kier molecular flexibility index (Phi) is 9.22. The molecule has 10 heteroatoms. The maximum Gasteiger partial charge on any atom is 0.244 e. The van der Waals surface area contributed by atoms with Gasteiger partial charge in [0.25, 0.3) is 0 Å². The number of amides is 2. The maximum absolute atomic E-state index is 14.2. The van der Waals surface area contributed by atoms with Crippen molar-refractivity contribution < 1.29 is 27.5 Å². The van der Waals surface area contributed by atoms with Crippen molar-refractivity contribution in [3.05, 3.63) is 90.0 Å². The van der Waals surface area contributed by atoms with E-state index in [0.29, 0.717) is 11.5 Å². The van der Waals surface area contributed by atoms with Gasteiger partial charge in [-0.3, -0.25) is 13.9 Å². The molecule has 3 aromatic rings. The quantitative estimate of drug-likeness (QED) is 0.366. The van der Waals surface area contributed by atoms with E-state index in [-0.39, 0.29) is 37.1 Å². The maximum atomic E-state index is 14.2. The molecule has 9 nitrogen and oxygen atoms in total. The average Bonchev–Trinajstić information content (AvgIpc) is 3.41. The van der Waals surface area contributed by atoms with Gasteiger partial charge in [0.05, 0.1) is 11.4 Å². The topological polar surface area (TPSA) is 105 Å². The largest absolute Gasteiger partial charge is 0.454 e. The zero-order valence-electron chi connectivity index (χ0n) is 23.9. The number of fused-ring (bicyclic) bond motifs is 1. The van der Waals surface area contributed by atoms with Crippen LogP contribution in [0.25, 0.3) is 0 Å². The Morgan fingerprint density at radius 2 is 1.51 bits per heavy atom. The normalized spacial score (nSPS) is 13.4. The second-order valence-electron chi connectivity index (χ2n) is 10.9. The molecule has 0 spiro atoms. The highest BCUT2D eigenvalue weighted by molar-refractivity contribution is 7.92. The highest BCUT2D eigenvalue weighted by atomic mass is 32.2. The minimum atomic E-state index is -3.88. The zero-order chi connectivity index (χ0) is 29.6. The third-order valence-corrected chi connectivity index (χ3v) is 8.33. The summed E-state index contributed by atoms with van der Waals surface area (Å²) in [6.07, 6.45) is 0.256. The van der Waals surface area contributed by atoms with E-state index in [4.69, 9.17) is 9.47 Å². The molecule has 41 heavy (non-hydrogen) atoms. The van der Waals surface area contributed by atoms with Gasteiger partial charge in [-0.2, -0.15) is 0 Å². The predicted octanol–water partition coefficient (Wildman–Crippen LogP) is 4.13. The number of carbonyl (C=O) groups excluding carboxylic acids is 2. The van der Waals surface area contributed by atoms with Crippen molar-refractivity contribution in [3.8, 4) is 11.5 Å². The monoisotopic (exact) mass is 579 g/mol. The molecule has 0 fully saturated rings. The third-order valence-electron chi connectivity index (χ3n) is 6.59. The van der Waals surface area contributed by atoms with Crippen LogP contribution in [0.1, 0.15) is 38.8 Å². The van der Waals surface area contributed by atoms with Gasteiger partial charge in [0.2, 0.25) is 28.6 Å². The summed E-state index contributed by atoms with van der Waals surface area (Å²) in [5.41, 5.74) is 1.43. The summed E-state index contributed by atoms with van der Waals surface area (Å²) in [7, 11) is -3.88. The molecule has 0 radical (unpaired) electrons. The number of anilines is 1. The van der Waals surface area contributed by atoms with Crippen molar-refractivity contribution in [2.45, 2.75) is 52.2 Å². The fraction of sp³-hybridized carbons (Fsp3) is 0.355. The third kappa shape index (κ3) is 7.79. The molecule has 1 aliphatic heterocycles. The molecule has 3 aromatic carbocycles. The molecule has 0 aliphatic carbocycles. The first kappa shape index (κ1) is 29.9. The molecule has 0 aromatic heterocycles. The van der Waals surface area contributed by atoms with Crippen molar-refractivity contribution in [1.82, 2.24) is 10.2 Å². The minimum absolute atomic E-state index is 0.0349. The number of carbonyl (C=O) groups is 2. The van der Waals surface area contributed by atoms with E-state index < -0.39 is 34.1 Å². The molecule has 0 bridgehead atoms. The predicted molar refractivity (Wildman–Crippen MR) is 158 cm³/mol. The molecular weight excluding hydrogens is 542 g/mol. The van der Waals surface area contributed by atoms with Gasteiger partial charge in [-0.1, -0.05) is 60.7 Å². The Hall–Kier alpha value is -4.05. The van der Waals surface area contributed by atoms with Gasteiger partial charge in [-0.25, -0.2) is 8.42 Å². The first-order valence-corrected chi connectivity index (χ1v) is 15.2. The van der Waals surface area contributed by atoms with Crippen molar-refractivity contribution in [3.63, 3.8) is 0 Å². The Bertz CT molecular complexity index is 1460. The fourth-order valence-electron chi connectivity index (χ4n) is 4.55. The molecule has 2 amide bonds. The lowest BCUT2D eigenvalue weighted by Crippen LogP contribution is -2.56. The highest BCUT2D eigenvalue weighted by Gasteiger charge is 2.35. The summed E-state index contributed by atoms with van der Waals surface area (Å²) in [5.74, 6) is -0.141. The van der Waals surface area contributed by atoms with Gasteiger partial charge >= 0.3 is 0 Å². The first-order valence-electron chi connectivity index (χ1n) is 13.6. The lowest BCUT2D eigenvalue weighted by molar-refractivity contribution is -0.140. The Labute approximate surface area is 242 Å². The smallest absolute Gasteiger partial charge is 0.244 e. The lowest BCUT2D eigenvalue weighted by Gasteiger charge is -2.35. The molecule has 1 atom stereocenters. The van der Waals surface area contributed by atoms with Gasteiger partial charge in [-0.05, 0) is 51.0 Å². The van der Waals surface area contributed by atoms with Gasteiger partial charge in [0.1, 0.15) is 12.6 Å². The molecule has 218 valence electrons. The molecule has 1 aliphatic rings. The molecule has 1 N–H and O–H groups in total. The fourth-order valence-corrected chi connectivity index (χ4v) is 5.60. The summed E-state index contributed by atoms with van der Waals surface area (Å²) in [6, 6.07) is 22.7. The number of hydrogen-bond donors (Lipinski definition) is 1. The second kappa shape index (κ2) is 12.6. The molecular formula is C31H37N3O6S. The SMILES string of the molecule is CCS(=O)(=O)N(CC(=O)N(Cc1ccccc1)[C@@H](Cc1ccccc1)C(=O)NC(C)(C)C)c1ccc2c(c1)OCO2. The van der Waals surface area contributed by atoms with Crippen molar-refractivity contribution in [1.29, 1.82) is 0 Å². The summed E-state index contributed by atoms with van der Waals surface area (Å²) in [5, 5.41) is 3.02.